The van der Waals surface area contributed by atoms with E-state index in [0.29, 0.717) is 35.9 Å². The highest BCUT2D eigenvalue weighted by molar-refractivity contribution is 8.03. The van der Waals surface area contributed by atoms with E-state index in [4.69, 9.17) is 14.2 Å². The van der Waals surface area contributed by atoms with Gasteiger partial charge in [-0.3, -0.25) is 4.79 Å². The van der Waals surface area contributed by atoms with Crippen LogP contribution in [0.3, 0.4) is 0 Å². The topological polar surface area (TPSA) is 111 Å². The van der Waals surface area contributed by atoms with Crippen molar-refractivity contribution in [3.05, 3.63) is 17.8 Å². The Balaban J connectivity index is 1.43. The number of amides is 1. The van der Waals surface area contributed by atoms with Crippen molar-refractivity contribution in [2.45, 2.75) is 55.0 Å². The minimum atomic E-state index is -2.57. The molecule has 2 aromatic rings. The highest BCUT2D eigenvalue weighted by Crippen LogP contribution is 2.45. The van der Waals surface area contributed by atoms with Gasteiger partial charge in [-0.15, -0.1) is 5.10 Å². The molecule has 13 heteroatoms. The minimum absolute atomic E-state index is 0.0699. The van der Waals surface area contributed by atoms with Crippen molar-refractivity contribution in [1.29, 1.82) is 0 Å². The molecule has 1 aliphatic carbocycles. The Hall–Kier alpha value is -2.32. The summed E-state index contributed by atoms with van der Waals surface area (Å²) in [6.45, 7) is 5.70. The molecule has 0 aromatic carbocycles. The van der Waals surface area contributed by atoms with Crippen LogP contribution in [0.4, 0.5) is 10.2 Å². The Morgan fingerprint density at radius 1 is 1.32 bits per heavy atom. The number of nitrogens with zero attached hydrogens (tertiary/aromatic N) is 5. The summed E-state index contributed by atoms with van der Waals surface area (Å²) in [5, 5.41) is 8.57. The van der Waals surface area contributed by atoms with E-state index in [9.17, 15) is 9.00 Å². The first-order valence-corrected chi connectivity index (χ1v) is 14.1. The third kappa shape index (κ3) is 4.02. The number of hydrogen-bond acceptors (Lipinski definition) is 8. The summed E-state index contributed by atoms with van der Waals surface area (Å²) in [6, 6.07) is 3.61. The monoisotopic (exact) mass is 536 g/mol. The normalized spacial score (nSPS) is 35.1. The summed E-state index contributed by atoms with van der Waals surface area (Å²) in [6.07, 6.45) is 0.739. The smallest absolute Gasteiger partial charge is 0.276 e. The van der Waals surface area contributed by atoms with E-state index in [0.717, 1.165) is 11.3 Å². The van der Waals surface area contributed by atoms with E-state index in [1.807, 2.05) is 19.9 Å². The van der Waals surface area contributed by atoms with Gasteiger partial charge in [0.1, 0.15) is 11.3 Å². The number of halogens is 1. The molecule has 0 spiro atoms. The van der Waals surface area contributed by atoms with Gasteiger partial charge in [0.05, 0.1) is 52.1 Å². The van der Waals surface area contributed by atoms with Crippen LogP contribution in [0.15, 0.2) is 17.0 Å². The molecule has 4 aliphatic rings. The average molecular weight is 537 g/mol. The fourth-order valence-corrected chi connectivity index (χ4v) is 8.79. The molecule has 2 unspecified atom stereocenters. The van der Waals surface area contributed by atoms with Crippen molar-refractivity contribution in [1.82, 2.24) is 24.4 Å². The number of hydrogen-bond donors (Lipinski definition) is 1. The number of fused-ring (bicyclic) bond motifs is 2. The lowest BCUT2D eigenvalue weighted by Crippen LogP contribution is -2.49. The molecule has 5 heterocycles. The van der Waals surface area contributed by atoms with Crippen molar-refractivity contribution in [3.63, 3.8) is 0 Å². The number of carbonyl (C=O) groups excluding carboxylic acids is 1. The van der Waals surface area contributed by atoms with Gasteiger partial charge in [-0.25, -0.2) is 13.3 Å². The number of carbonyl (C=O) groups is 1. The third-order valence-corrected chi connectivity index (χ3v) is 10.7. The fraction of sp³-hybridized carbons (Fsp3) is 0.667. The first-order valence-electron chi connectivity index (χ1n) is 12.5. The van der Waals surface area contributed by atoms with Crippen LogP contribution in [0, 0.1) is 0 Å². The van der Waals surface area contributed by atoms with Crippen LogP contribution in [0.5, 0.6) is 0 Å². The maximum Gasteiger partial charge on any atom is 0.276 e. The van der Waals surface area contributed by atoms with Crippen LogP contribution in [0.25, 0.3) is 5.52 Å². The molecule has 11 nitrogen and oxygen atoms in total. The molecule has 1 saturated carbocycles. The molecule has 1 amide bonds. The summed E-state index contributed by atoms with van der Waals surface area (Å²) in [7, 11) is 0.510. The van der Waals surface area contributed by atoms with Gasteiger partial charge >= 0.3 is 0 Å². The third-order valence-electron chi connectivity index (χ3n) is 7.72. The molecule has 3 aliphatic heterocycles. The molecule has 5 atom stereocenters. The standard InChI is InChI=1S/C24H33FN6O5S/c1-15-10-30(11-16(36-15)12-34-3)20-8-17(37(33)19-9-23(19,2)27-37)7-18-21(26-28-31(18)20)22(32)29-6-5-24(25,13-29)14-35-4/h7-8,15-16H,5-6,9-14H2,1-4H3,(H,27,33)/t15-,16+,23?,24+,37?/m0/s1. The molecule has 3 fully saturated rings. The average Bonchev–Trinajstić information content (AvgIpc) is 3.16. The highest BCUT2D eigenvalue weighted by atomic mass is 32.2. The molecular formula is C24H33FN6O5S. The van der Waals surface area contributed by atoms with Gasteiger partial charge in [-0.1, -0.05) is 5.21 Å². The number of ether oxygens (including phenoxy) is 3. The lowest BCUT2D eigenvalue weighted by molar-refractivity contribution is -0.0513. The Morgan fingerprint density at radius 3 is 2.81 bits per heavy atom. The van der Waals surface area contributed by atoms with Crippen molar-refractivity contribution < 1.29 is 27.6 Å². The van der Waals surface area contributed by atoms with Crippen LogP contribution < -0.4 is 9.62 Å². The molecule has 0 radical (unpaired) electrons. The predicted octanol–water partition coefficient (Wildman–Crippen LogP) is 0.666. The van der Waals surface area contributed by atoms with Crippen molar-refractivity contribution >= 4 is 31.8 Å². The zero-order valence-corrected chi connectivity index (χ0v) is 22.3. The summed E-state index contributed by atoms with van der Waals surface area (Å²) < 4.78 is 50.2. The van der Waals surface area contributed by atoms with E-state index >= 15 is 4.39 Å². The Labute approximate surface area is 215 Å². The van der Waals surface area contributed by atoms with Crippen LogP contribution in [0.2, 0.25) is 0 Å². The van der Waals surface area contributed by atoms with E-state index < -0.39 is 21.3 Å². The van der Waals surface area contributed by atoms with E-state index in [1.54, 1.807) is 17.7 Å². The Bertz CT molecular complexity index is 1390. The molecule has 1 N–H and O–H groups in total. The largest absolute Gasteiger partial charge is 0.382 e. The molecule has 202 valence electrons. The maximum absolute atomic E-state index is 15.0. The fourth-order valence-electron chi connectivity index (χ4n) is 5.86. The van der Waals surface area contributed by atoms with Crippen molar-refractivity contribution in [3.8, 4) is 0 Å². The molecular weight excluding hydrogens is 503 g/mol. The molecule has 6 rings (SSSR count). The number of nitrogens with one attached hydrogen (secondary N) is 1. The lowest BCUT2D eigenvalue weighted by Gasteiger charge is -2.38. The maximum atomic E-state index is 15.0. The van der Waals surface area contributed by atoms with Crippen LogP contribution in [0.1, 0.15) is 37.2 Å². The first-order chi connectivity index (χ1) is 17.6. The number of morpholine rings is 1. The number of aromatic nitrogens is 3. The lowest BCUT2D eigenvalue weighted by atomic mass is 10.1. The summed E-state index contributed by atoms with van der Waals surface area (Å²) in [4.78, 5) is 18.7. The van der Waals surface area contributed by atoms with E-state index in [1.165, 1.54) is 12.0 Å². The van der Waals surface area contributed by atoms with Gasteiger partial charge in [0.15, 0.2) is 11.4 Å². The second-order valence-electron chi connectivity index (χ2n) is 10.9. The quantitative estimate of drug-likeness (QED) is 0.514. The second kappa shape index (κ2) is 8.60. The van der Waals surface area contributed by atoms with Gasteiger partial charge in [-0.05, 0) is 26.0 Å². The Morgan fingerprint density at radius 2 is 2.14 bits per heavy atom. The van der Waals surface area contributed by atoms with Crippen LogP contribution >= 0.6 is 0 Å². The van der Waals surface area contributed by atoms with E-state index in [-0.39, 0.29) is 49.6 Å². The van der Waals surface area contributed by atoms with Gasteiger partial charge < -0.3 is 24.0 Å². The zero-order chi connectivity index (χ0) is 26.2. The summed E-state index contributed by atoms with van der Waals surface area (Å²) >= 11 is 0. The number of pyridine rings is 1. The number of rotatable bonds is 7. The predicted molar refractivity (Wildman–Crippen MR) is 135 cm³/mol. The SMILES string of the molecule is COC[C@H]1CN(c2cc(S3(=O)=C4CC4(C)N3)cc3c(C(=O)N4CC[C@](F)(COC)C4)nnn23)C[C@H](C)O1. The highest BCUT2D eigenvalue weighted by Gasteiger charge is 2.59. The summed E-state index contributed by atoms with van der Waals surface area (Å²) in [5.74, 6) is 0.275. The van der Waals surface area contributed by atoms with Crippen molar-refractivity contribution in [2.24, 2.45) is 0 Å². The molecule has 2 aromatic heterocycles. The number of likely N-dealkylation sites (tertiary alicyclic amines) is 1. The van der Waals surface area contributed by atoms with Crippen molar-refractivity contribution in [2.75, 3.05) is 58.5 Å². The van der Waals surface area contributed by atoms with Gasteiger partial charge in [0.25, 0.3) is 5.91 Å². The van der Waals surface area contributed by atoms with Gasteiger partial charge in [-0.2, -0.15) is 4.52 Å². The van der Waals surface area contributed by atoms with Gasteiger partial charge in [0.2, 0.25) is 0 Å². The molecule has 0 bridgehead atoms. The minimum Gasteiger partial charge on any atom is -0.382 e. The molecule has 37 heavy (non-hydrogen) atoms. The zero-order valence-electron chi connectivity index (χ0n) is 21.5. The van der Waals surface area contributed by atoms with E-state index in [2.05, 4.69) is 19.9 Å². The second-order valence-corrected chi connectivity index (χ2v) is 13.1. The molecule has 2 saturated heterocycles. The Kier molecular flexibility index (Phi) is 5.81. The van der Waals surface area contributed by atoms with Gasteiger partial charge in [0, 0.05) is 51.6 Å². The number of anilines is 1. The summed E-state index contributed by atoms with van der Waals surface area (Å²) in [5.41, 5.74) is -1.19. The van der Waals surface area contributed by atoms with Crippen LogP contribution in [-0.4, -0.2) is 112 Å². The number of methoxy groups -OCH3 is 2. The number of alkyl halides is 1. The van der Waals surface area contributed by atoms with Crippen LogP contribution in [-0.2, 0) is 23.9 Å². The first kappa shape index (κ1) is 25.0.